The molecule has 1 aromatic heterocycles. The molecule has 128 valence electrons. The van der Waals surface area contributed by atoms with Crippen molar-refractivity contribution in [2.24, 2.45) is 0 Å². The number of amides is 1. The summed E-state index contributed by atoms with van der Waals surface area (Å²) >= 11 is 0. The molecule has 1 saturated heterocycles. The molecule has 6 heteroatoms. The molecule has 6 nitrogen and oxygen atoms in total. The summed E-state index contributed by atoms with van der Waals surface area (Å²) in [6.45, 7) is 3.21. The van der Waals surface area contributed by atoms with E-state index in [1.807, 2.05) is 36.1 Å². The molecule has 1 aliphatic heterocycles. The third-order valence-corrected chi connectivity index (χ3v) is 4.55. The van der Waals surface area contributed by atoms with E-state index in [4.69, 9.17) is 4.74 Å². The summed E-state index contributed by atoms with van der Waals surface area (Å²) < 4.78 is 5.08. The van der Waals surface area contributed by atoms with Gasteiger partial charge in [0.1, 0.15) is 6.61 Å². The van der Waals surface area contributed by atoms with E-state index >= 15 is 0 Å². The molecule has 1 N–H and O–H groups in total. The molecule has 1 amide bonds. The Balaban J connectivity index is 1.76. The van der Waals surface area contributed by atoms with Crippen LogP contribution in [0.15, 0.2) is 24.3 Å². The van der Waals surface area contributed by atoms with Gasteiger partial charge in [-0.15, -0.1) is 0 Å². The fourth-order valence-corrected chi connectivity index (χ4v) is 3.23. The van der Waals surface area contributed by atoms with Gasteiger partial charge in [-0.05, 0) is 37.3 Å². The molecular formula is C18H24N4O2. The lowest BCUT2D eigenvalue weighted by Crippen LogP contribution is -2.40. The van der Waals surface area contributed by atoms with E-state index in [0.29, 0.717) is 24.7 Å². The van der Waals surface area contributed by atoms with Crippen LogP contribution in [0, 0.1) is 6.92 Å². The second kappa shape index (κ2) is 7.57. The number of piperidine rings is 1. The summed E-state index contributed by atoms with van der Waals surface area (Å²) in [4.78, 5) is 19.3. The van der Waals surface area contributed by atoms with E-state index in [0.717, 1.165) is 36.9 Å². The van der Waals surface area contributed by atoms with Crippen LogP contribution in [0.1, 0.15) is 48.1 Å². The van der Waals surface area contributed by atoms with Gasteiger partial charge in [0.2, 0.25) is 5.91 Å². The first-order valence-corrected chi connectivity index (χ1v) is 8.43. The van der Waals surface area contributed by atoms with E-state index in [1.54, 1.807) is 7.11 Å². The van der Waals surface area contributed by atoms with Crippen LogP contribution in [0.2, 0.25) is 0 Å². The van der Waals surface area contributed by atoms with Gasteiger partial charge in [0.25, 0.3) is 0 Å². The Morgan fingerprint density at radius 2 is 2.21 bits per heavy atom. The maximum absolute atomic E-state index is 12.9. The highest BCUT2D eigenvalue weighted by atomic mass is 16.5. The van der Waals surface area contributed by atoms with E-state index < -0.39 is 0 Å². The van der Waals surface area contributed by atoms with E-state index in [9.17, 15) is 4.79 Å². The molecular weight excluding hydrogens is 304 g/mol. The fourth-order valence-electron chi connectivity index (χ4n) is 3.23. The molecule has 1 aliphatic rings. The van der Waals surface area contributed by atoms with Crippen molar-refractivity contribution in [1.82, 2.24) is 20.1 Å². The maximum atomic E-state index is 12.9. The molecule has 24 heavy (non-hydrogen) atoms. The molecule has 3 rings (SSSR count). The number of ether oxygens (including phenoxy) is 1. The molecule has 1 fully saturated rings. The number of aryl methyl sites for hydroxylation is 1. The van der Waals surface area contributed by atoms with Crippen LogP contribution in [0.25, 0.3) is 0 Å². The first-order chi connectivity index (χ1) is 11.7. The van der Waals surface area contributed by atoms with E-state index in [1.165, 1.54) is 0 Å². The average Bonchev–Trinajstić information content (AvgIpc) is 3.06. The van der Waals surface area contributed by atoms with Gasteiger partial charge < -0.3 is 9.64 Å². The fraction of sp³-hybridized carbons (Fsp3) is 0.500. The number of carbonyl (C=O) groups is 1. The van der Waals surface area contributed by atoms with Gasteiger partial charge in [0.15, 0.2) is 11.6 Å². The zero-order valence-electron chi connectivity index (χ0n) is 14.3. The normalized spacial score (nSPS) is 17.9. The highest BCUT2D eigenvalue weighted by Gasteiger charge is 2.30. The van der Waals surface area contributed by atoms with Gasteiger partial charge in [0.05, 0.1) is 12.5 Å². The summed E-state index contributed by atoms with van der Waals surface area (Å²) in [7, 11) is 1.63. The first-order valence-electron chi connectivity index (χ1n) is 8.43. The summed E-state index contributed by atoms with van der Waals surface area (Å²) in [5, 5.41) is 7.20. The number of hydrogen-bond donors (Lipinski definition) is 1. The molecule has 0 spiro atoms. The lowest BCUT2D eigenvalue weighted by atomic mass is 9.99. The molecule has 0 radical (unpaired) electrons. The molecule has 1 aromatic carbocycles. The Morgan fingerprint density at radius 3 is 3.00 bits per heavy atom. The van der Waals surface area contributed by atoms with Crippen LogP contribution < -0.4 is 0 Å². The zero-order chi connectivity index (χ0) is 16.9. The van der Waals surface area contributed by atoms with Crippen LogP contribution in [0.4, 0.5) is 0 Å². The topological polar surface area (TPSA) is 71.1 Å². The number of benzene rings is 1. The first kappa shape index (κ1) is 16.6. The minimum absolute atomic E-state index is 0.0443. The van der Waals surface area contributed by atoms with Gasteiger partial charge in [-0.3, -0.25) is 9.89 Å². The minimum atomic E-state index is -0.0443. The van der Waals surface area contributed by atoms with Crippen molar-refractivity contribution in [3.63, 3.8) is 0 Å². The van der Waals surface area contributed by atoms with Crippen LogP contribution in [-0.4, -0.2) is 39.6 Å². The van der Waals surface area contributed by atoms with E-state index in [2.05, 4.69) is 15.2 Å². The van der Waals surface area contributed by atoms with Crippen LogP contribution >= 0.6 is 0 Å². The lowest BCUT2D eigenvalue weighted by molar-refractivity contribution is -0.134. The number of nitrogens with one attached hydrogen (secondary N) is 1. The van der Waals surface area contributed by atoms with Crippen molar-refractivity contribution in [3.05, 3.63) is 47.0 Å². The van der Waals surface area contributed by atoms with Gasteiger partial charge in [-0.25, -0.2) is 4.98 Å². The summed E-state index contributed by atoms with van der Waals surface area (Å²) in [6, 6.07) is 8.00. The number of aromatic amines is 1. The van der Waals surface area contributed by atoms with Crippen LogP contribution in [-0.2, 0) is 22.6 Å². The van der Waals surface area contributed by atoms with Crippen LogP contribution in [0.3, 0.4) is 0 Å². The van der Waals surface area contributed by atoms with Crippen molar-refractivity contribution >= 4 is 5.91 Å². The molecule has 2 aromatic rings. The van der Waals surface area contributed by atoms with E-state index in [-0.39, 0.29) is 11.9 Å². The molecule has 1 unspecified atom stereocenters. The number of nitrogens with zero attached hydrogens (tertiary/aromatic N) is 3. The summed E-state index contributed by atoms with van der Waals surface area (Å²) in [5.41, 5.74) is 2.24. The zero-order valence-corrected chi connectivity index (χ0v) is 14.3. The maximum Gasteiger partial charge on any atom is 0.227 e. The third-order valence-electron chi connectivity index (χ3n) is 4.55. The monoisotopic (exact) mass is 328 g/mol. The Bertz CT molecular complexity index is 698. The van der Waals surface area contributed by atoms with Gasteiger partial charge in [-0.1, -0.05) is 24.3 Å². The number of aromatic nitrogens is 3. The van der Waals surface area contributed by atoms with Crippen molar-refractivity contribution in [3.8, 4) is 0 Å². The van der Waals surface area contributed by atoms with Crippen LogP contribution in [0.5, 0.6) is 0 Å². The third kappa shape index (κ3) is 3.64. The second-order valence-electron chi connectivity index (χ2n) is 6.28. The number of carbonyl (C=O) groups excluding carboxylic acids is 1. The molecule has 0 bridgehead atoms. The highest BCUT2D eigenvalue weighted by molar-refractivity contribution is 5.79. The Hall–Kier alpha value is -2.21. The van der Waals surface area contributed by atoms with Gasteiger partial charge in [-0.2, -0.15) is 5.10 Å². The van der Waals surface area contributed by atoms with Crippen molar-refractivity contribution in [1.29, 1.82) is 0 Å². The average molecular weight is 328 g/mol. The number of hydrogen-bond acceptors (Lipinski definition) is 4. The highest BCUT2D eigenvalue weighted by Crippen LogP contribution is 2.29. The Kier molecular flexibility index (Phi) is 5.25. The van der Waals surface area contributed by atoms with Crippen molar-refractivity contribution < 1.29 is 9.53 Å². The van der Waals surface area contributed by atoms with Crippen molar-refractivity contribution in [2.45, 2.75) is 45.3 Å². The van der Waals surface area contributed by atoms with Gasteiger partial charge in [0, 0.05) is 13.7 Å². The molecule has 0 aliphatic carbocycles. The summed E-state index contributed by atoms with van der Waals surface area (Å²) in [6.07, 6.45) is 3.46. The Labute approximate surface area is 142 Å². The number of likely N-dealkylation sites (tertiary alicyclic amines) is 1. The SMILES string of the molecule is COCc1nc(C2CCCCN2C(=O)Cc2ccccc2C)n[nH]1. The molecule has 2 heterocycles. The minimum Gasteiger partial charge on any atom is -0.377 e. The predicted octanol–water partition coefficient (Wildman–Crippen LogP) is 2.56. The number of H-pyrrole nitrogens is 1. The molecule has 0 saturated carbocycles. The molecule has 1 atom stereocenters. The standard InChI is InChI=1S/C18H24N4O2/c1-13-7-3-4-8-14(13)11-17(23)22-10-6-5-9-15(22)18-19-16(12-24-2)20-21-18/h3-4,7-8,15H,5-6,9-12H2,1-2H3,(H,19,20,21). The van der Waals surface area contributed by atoms with Gasteiger partial charge >= 0.3 is 0 Å². The lowest BCUT2D eigenvalue weighted by Gasteiger charge is -2.34. The predicted molar refractivity (Wildman–Crippen MR) is 90.3 cm³/mol. The van der Waals surface area contributed by atoms with Crippen molar-refractivity contribution in [2.75, 3.05) is 13.7 Å². The summed E-state index contributed by atoms with van der Waals surface area (Å²) in [5.74, 6) is 1.54. The number of methoxy groups -OCH3 is 1. The quantitative estimate of drug-likeness (QED) is 0.915. The smallest absolute Gasteiger partial charge is 0.227 e. The largest absolute Gasteiger partial charge is 0.377 e. The second-order valence-corrected chi connectivity index (χ2v) is 6.28. The Morgan fingerprint density at radius 1 is 1.38 bits per heavy atom. The number of rotatable bonds is 5.